The maximum Gasteiger partial charge on any atom is 0.127 e. The molecule has 0 aliphatic rings. The molecule has 4 heteroatoms. The van der Waals surface area contributed by atoms with Gasteiger partial charge in [-0.3, -0.25) is 0 Å². The van der Waals surface area contributed by atoms with Gasteiger partial charge in [0.25, 0.3) is 0 Å². The van der Waals surface area contributed by atoms with Crippen molar-refractivity contribution in [1.82, 2.24) is 5.32 Å². The first-order valence-corrected chi connectivity index (χ1v) is 6.02. The Labute approximate surface area is 110 Å². The number of hydrogen-bond donors (Lipinski definition) is 2. The van der Waals surface area contributed by atoms with Gasteiger partial charge in [0.1, 0.15) is 17.4 Å². The van der Waals surface area contributed by atoms with Crippen LogP contribution in [0.15, 0.2) is 42.5 Å². The molecule has 0 heterocycles. The monoisotopic (exact) mass is 263 g/mol. The first kappa shape index (κ1) is 13.5. The summed E-state index contributed by atoms with van der Waals surface area (Å²) in [7, 11) is 0. The van der Waals surface area contributed by atoms with Crippen LogP contribution in [-0.4, -0.2) is 5.11 Å². The Morgan fingerprint density at radius 2 is 1.89 bits per heavy atom. The summed E-state index contributed by atoms with van der Waals surface area (Å²) in [5.74, 6) is -0.861. The van der Waals surface area contributed by atoms with Crippen molar-refractivity contribution in [2.24, 2.45) is 0 Å². The molecule has 2 rings (SSSR count). The summed E-state index contributed by atoms with van der Waals surface area (Å²) in [4.78, 5) is 0. The summed E-state index contributed by atoms with van der Waals surface area (Å²) in [6.45, 7) is 2.29. The van der Waals surface area contributed by atoms with Crippen molar-refractivity contribution in [1.29, 1.82) is 0 Å². The van der Waals surface area contributed by atoms with E-state index >= 15 is 0 Å². The van der Waals surface area contributed by atoms with Crippen LogP contribution in [0.5, 0.6) is 5.75 Å². The van der Waals surface area contributed by atoms with Crippen LogP contribution >= 0.6 is 0 Å². The Morgan fingerprint density at radius 1 is 1.11 bits per heavy atom. The Kier molecular flexibility index (Phi) is 4.12. The first-order valence-electron chi connectivity index (χ1n) is 6.02. The van der Waals surface area contributed by atoms with Crippen molar-refractivity contribution in [2.45, 2.75) is 19.5 Å². The summed E-state index contributed by atoms with van der Waals surface area (Å²) >= 11 is 0. The van der Waals surface area contributed by atoms with Gasteiger partial charge in [0.2, 0.25) is 0 Å². The third-order valence-electron chi connectivity index (χ3n) is 2.90. The fraction of sp³-hybridized carbons (Fsp3) is 0.200. The lowest BCUT2D eigenvalue weighted by Gasteiger charge is -2.14. The second-order valence-electron chi connectivity index (χ2n) is 4.48. The summed E-state index contributed by atoms with van der Waals surface area (Å²) in [5.41, 5.74) is 1.46. The van der Waals surface area contributed by atoms with Crippen LogP contribution in [0.4, 0.5) is 8.78 Å². The highest BCUT2D eigenvalue weighted by Crippen LogP contribution is 2.17. The molecule has 2 N–H and O–H groups in total. The SMILES string of the molecule is CC(NCc1cc(O)cc(F)c1)c1cccc(F)c1. The predicted molar refractivity (Wildman–Crippen MR) is 69.7 cm³/mol. The van der Waals surface area contributed by atoms with E-state index in [9.17, 15) is 13.9 Å². The van der Waals surface area contributed by atoms with E-state index in [-0.39, 0.29) is 17.6 Å². The lowest BCUT2D eigenvalue weighted by molar-refractivity contribution is 0.466. The van der Waals surface area contributed by atoms with E-state index in [4.69, 9.17) is 0 Å². The van der Waals surface area contributed by atoms with E-state index in [1.807, 2.05) is 13.0 Å². The van der Waals surface area contributed by atoms with E-state index in [0.717, 1.165) is 11.6 Å². The Hall–Kier alpha value is -1.94. The van der Waals surface area contributed by atoms with Gasteiger partial charge in [0.05, 0.1) is 0 Å². The van der Waals surface area contributed by atoms with Crippen molar-refractivity contribution >= 4 is 0 Å². The smallest absolute Gasteiger partial charge is 0.127 e. The topological polar surface area (TPSA) is 32.3 Å². The molecule has 0 fully saturated rings. The molecular formula is C15H15F2NO. The molecule has 0 aliphatic heterocycles. The van der Waals surface area contributed by atoms with E-state index in [1.54, 1.807) is 6.07 Å². The van der Waals surface area contributed by atoms with Crippen LogP contribution in [0.2, 0.25) is 0 Å². The van der Waals surface area contributed by atoms with E-state index < -0.39 is 5.82 Å². The molecular weight excluding hydrogens is 248 g/mol. The minimum Gasteiger partial charge on any atom is -0.508 e. The van der Waals surface area contributed by atoms with Gasteiger partial charge in [-0.1, -0.05) is 12.1 Å². The first-order chi connectivity index (χ1) is 9.04. The lowest BCUT2D eigenvalue weighted by atomic mass is 10.1. The summed E-state index contributed by atoms with van der Waals surface area (Å²) in [5, 5.41) is 12.4. The molecule has 1 unspecified atom stereocenters. The molecule has 0 aromatic heterocycles. The van der Waals surface area contributed by atoms with Crippen LogP contribution < -0.4 is 5.32 Å². The number of rotatable bonds is 4. The normalized spacial score (nSPS) is 12.4. The van der Waals surface area contributed by atoms with Gasteiger partial charge in [-0.2, -0.15) is 0 Å². The summed E-state index contributed by atoms with van der Waals surface area (Å²) in [6, 6.07) is 10.2. The van der Waals surface area contributed by atoms with Crippen molar-refractivity contribution in [3.05, 3.63) is 65.2 Å². The van der Waals surface area contributed by atoms with Gasteiger partial charge in [-0.05, 0) is 42.3 Å². The van der Waals surface area contributed by atoms with Crippen molar-refractivity contribution in [2.75, 3.05) is 0 Å². The summed E-state index contributed by atoms with van der Waals surface area (Å²) < 4.78 is 26.2. The standard InChI is InChI=1S/C15H15F2NO/c1-10(12-3-2-4-13(16)7-12)18-9-11-5-14(17)8-15(19)6-11/h2-8,10,18-19H,9H2,1H3. The van der Waals surface area contributed by atoms with Crippen LogP contribution in [0.3, 0.4) is 0 Å². The highest BCUT2D eigenvalue weighted by molar-refractivity contribution is 5.28. The van der Waals surface area contributed by atoms with Crippen molar-refractivity contribution in [3.63, 3.8) is 0 Å². The molecule has 0 aliphatic carbocycles. The zero-order chi connectivity index (χ0) is 13.8. The molecule has 0 bridgehead atoms. The average Bonchev–Trinajstić information content (AvgIpc) is 2.35. The second-order valence-corrected chi connectivity index (χ2v) is 4.48. The van der Waals surface area contributed by atoms with Crippen LogP contribution in [0.1, 0.15) is 24.1 Å². The molecule has 0 saturated heterocycles. The van der Waals surface area contributed by atoms with E-state index in [1.165, 1.54) is 24.3 Å². The molecule has 19 heavy (non-hydrogen) atoms. The maximum absolute atomic E-state index is 13.1. The van der Waals surface area contributed by atoms with Crippen LogP contribution in [0, 0.1) is 11.6 Å². The molecule has 2 nitrogen and oxygen atoms in total. The van der Waals surface area contributed by atoms with Gasteiger partial charge >= 0.3 is 0 Å². The van der Waals surface area contributed by atoms with E-state index in [2.05, 4.69) is 5.32 Å². The molecule has 0 radical (unpaired) electrons. The van der Waals surface area contributed by atoms with Crippen molar-refractivity contribution in [3.8, 4) is 5.75 Å². The fourth-order valence-corrected chi connectivity index (χ4v) is 1.90. The largest absolute Gasteiger partial charge is 0.508 e. The third-order valence-corrected chi connectivity index (χ3v) is 2.90. The van der Waals surface area contributed by atoms with Gasteiger partial charge in [-0.15, -0.1) is 0 Å². The number of aromatic hydroxyl groups is 1. The Bertz CT molecular complexity index is 552. The summed E-state index contributed by atoms with van der Waals surface area (Å²) in [6.07, 6.45) is 0. The quantitative estimate of drug-likeness (QED) is 0.884. The molecule has 2 aromatic rings. The molecule has 100 valence electrons. The van der Waals surface area contributed by atoms with Crippen LogP contribution in [0.25, 0.3) is 0 Å². The van der Waals surface area contributed by atoms with Gasteiger partial charge in [-0.25, -0.2) is 8.78 Å². The number of phenolic OH excluding ortho intramolecular Hbond substituents is 1. The molecule has 0 saturated carbocycles. The lowest BCUT2D eigenvalue weighted by Crippen LogP contribution is -2.18. The third kappa shape index (κ3) is 3.76. The minimum atomic E-state index is -0.477. The Morgan fingerprint density at radius 3 is 2.58 bits per heavy atom. The van der Waals surface area contributed by atoms with E-state index in [0.29, 0.717) is 12.1 Å². The zero-order valence-corrected chi connectivity index (χ0v) is 10.5. The number of hydrogen-bond acceptors (Lipinski definition) is 2. The Balaban J connectivity index is 2.02. The minimum absolute atomic E-state index is 0.0684. The number of phenols is 1. The maximum atomic E-state index is 13.1. The van der Waals surface area contributed by atoms with Gasteiger partial charge in [0, 0.05) is 18.7 Å². The average molecular weight is 263 g/mol. The van der Waals surface area contributed by atoms with Crippen LogP contribution in [-0.2, 0) is 6.54 Å². The highest BCUT2D eigenvalue weighted by Gasteiger charge is 2.06. The number of nitrogens with one attached hydrogen (secondary N) is 1. The number of halogens is 2. The predicted octanol–water partition coefficient (Wildman–Crippen LogP) is 3.52. The zero-order valence-electron chi connectivity index (χ0n) is 10.5. The van der Waals surface area contributed by atoms with Gasteiger partial charge < -0.3 is 10.4 Å². The van der Waals surface area contributed by atoms with Crippen molar-refractivity contribution < 1.29 is 13.9 Å². The second kappa shape index (κ2) is 5.80. The fourth-order valence-electron chi connectivity index (χ4n) is 1.90. The number of benzene rings is 2. The highest BCUT2D eigenvalue weighted by atomic mass is 19.1. The molecule has 2 aromatic carbocycles. The molecule has 1 atom stereocenters. The molecule has 0 spiro atoms. The molecule has 0 amide bonds. The van der Waals surface area contributed by atoms with Gasteiger partial charge in [0.15, 0.2) is 0 Å².